The van der Waals surface area contributed by atoms with E-state index in [4.69, 9.17) is 0 Å². The second kappa shape index (κ2) is 3.80. The van der Waals surface area contributed by atoms with Crippen LogP contribution >= 0.6 is 0 Å². The van der Waals surface area contributed by atoms with Gasteiger partial charge in [0.1, 0.15) is 0 Å². The van der Waals surface area contributed by atoms with Crippen molar-refractivity contribution >= 4 is 5.91 Å². The van der Waals surface area contributed by atoms with E-state index in [0.29, 0.717) is 12.3 Å². The summed E-state index contributed by atoms with van der Waals surface area (Å²) < 4.78 is 0. The molecule has 2 heteroatoms. The van der Waals surface area contributed by atoms with Crippen LogP contribution in [0.4, 0.5) is 0 Å². The Bertz CT molecular complexity index is 242. The third-order valence-electron chi connectivity index (χ3n) is 3.76. The van der Waals surface area contributed by atoms with Crippen LogP contribution in [0.15, 0.2) is 0 Å². The number of carbonyl (C=O) groups is 1. The predicted molar refractivity (Wildman–Crippen MR) is 61.5 cm³/mol. The SMILES string of the molecule is CC(C)(C)CC(=O)N1C[C@H]2CCC[C@H]2C1. The lowest BCUT2D eigenvalue weighted by atomic mass is 9.91. The third kappa shape index (κ3) is 2.53. The monoisotopic (exact) mass is 209 g/mol. The molecule has 1 saturated carbocycles. The molecule has 1 aliphatic carbocycles. The summed E-state index contributed by atoms with van der Waals surface area (Å²) in [5.41, 5.74) is 0.134. The summed E-state index contributed by atoms with van der Waals surface area (Å²) in [6.07, 6.45) is 4.79. The van der Waals surface area contributed by atoms with E-state index in [0.717, 1.165) is 24.9 Å². The molecule has 0 radical (unpaired) electrons. The molecule has 0 aromatic carbocycles. The first kappa shape index (κ1) is 11.0. The van der Waals surface area contributed by atoms with Crippen molar-refractivity contribution in [3.8, 4) is 0 Å². The minimum Gasteiger partial charge on any atom is -0.342 e. The molecule has 1 amide bonds. The van der Waals surface area contributed by atoms with E-state index < -0.39 is 0 Å². The van der Waals surface area contributed by atoms with Crippen LogP contribution in [-0.4, -0.2) is 23.9 Å². The fraction of sp³-hybridized carbons (Fsp3) is 0.923. The number of hydrogen-bond donors (Lipinski definition) is 0. The van der Waals surface area contributed by atoms with Gasteiger partial charge in [-0.3, -0.25) is 4.79 Å². The van der Waals surface area contributed by atoms with Crippen LogP contribution in [0.1, 0.15) is 46.5 Å². The minimum absolute atomic E-state index is 0.134. The number of rotatable bonds is 1. The van der Waals surface area contributed by atoms with E-state index in [9.17, 15) is 4.79 Å². The maximum absolute atomic E-state index is 12.0. The van der Waals surface area contributed by atoms with Gasteiger partial charge in [0, 0.05) is 19.5 Å². The van der Waals surface area contributed by atoms with Crippen LogP contribution in [-0.2, 0) is 4.79 Å². The molecule has 0 aromatic rings. The highest BCUT2D eigenvalue weighted by Crippen LogP contribution is 2.38. The maximum Gasteiger partial charge on any atom is 0.223 e. The Labute approximate surface area is 93.0 Å². The molecule has 0 spiro atoms. The molecule has 0 unspecified atom stereocenters. The van der Waals surface area contributed by atoms with Crippen LogP contribution in [0.3, 0.4) is 0 Å². The van der Waals surface area contributed by atoms with Crippen molar-refractivity contribution in [2.45, 2.75) is 46.5 Å². The predicted octanol–water partition coefficient (Wildman–Crippen LogP) is 2.68. The molecule has 1 saturated heterocycles. The van der Waals surface area contributed by atoms with Gasteiger partial charge in [0.2, 0.25) is 5.91 Å². The Hall–Kier alpha value is -0.530. The van der Waals surface area contributed by atoms with Crippen molar-refractivity contribution in [3.63, 3.8) is 0 Å². The average molecular weight is 209 g/mol. The van der Waals surface area contributed by atoms with Gasteiger partial charge < -0.3 is 4.90 Å². The van der Waals surface area contributed by atoms with E-state index >= 15 is 0 Å². The fourth-order valence-electron chi connectivity index (χ4n) is 3.00. The van der Waals surface area contributed by atoms with Crippen molar-refractivity contribution in [1.82, 2.24) is 4.90 Å². The van der Waals surface area contributed by atoms with Crippen LogP contribution in [0, 0.1) is 17.3 Å². The van der Waals surface area contributed by atoms with Gasteiger partial charge in [-0.1, -0.05) is 27.2 Å². The second-order valence-electron chi connectivity index (χ2n) is 6.49. The normalized spacial score (nSPS) is 30.7. The first-order valence-electron chi connectivity index (χ1n) is 6.23. The van der Waals surface area contributed by atoms with Gasteiger partial charge in [0.15, 0.2) is 0 Å². The van der Waals surface area contributed by atoms with Gasteiger partial charge >= 0.3 is 0 Å². The van der Waals surface area contributed by atoms with E-state index in [2.05, 4.69) is 25.7 Å². The molecule has 0 bridgehead atoms. The van der Waals surface area contributed by atoms with Gasteiger partial charge in [0.05, 0.1) is 0 Å². The van der Waals surface area contributed by atoms with E-state index in [1.54, 1.807) is 0 Å². The third-order valence-corrected chi connectivity index (χ3v) is 3.76. The Morgan fingerprint density at radius 3 is 2.20 bits per heavy atom. The topological polar surface area (TPSA) is 20.3 Å². The number of amides is 1. The zero-order valence-electron chi connectivity index (χ0n) is 10.3. The van der Waals surface area contributed by atoms with Crippen LogP contribution in [0.25, 0.3) is 0 Å². The lowest BCUT2D eigenvalue weighted by Gasteiger charge is -2.23. The van der Waals surface area contributed by atoms with Gasteiger partial charge in [-0.15, -0.1) is 0 Å². The molecule has 0 N–H and O–H groups in total. The largest absolute Gasteiger partial charge is 0.342 e. The van der Waals surface area contributed by atoms with Crippen molar-refractivity contribution in [3.05, 3.63) is 0 Å². The molecule has 2 atom stereocenters. The average Bonchev–Trinajstić information content (AvgIpc) is 2.56. The van der Waals surface area contributed by atoms with Crippen molar-refractivity contribution in [1.29, 1.82) is 0 Å². The van der Waals surface area contributed by atoms with E-state index in [1.165, 1.54) is 19.3 Å². The summed E-state index contributed by atoms with van der Waals surface area (Å²) in [7, 11) is 0. The Kier molecular flexibility index (Phi) is 2.78. The maximum atomic E-state index is 12.0. The Morgan fingerprint density at radius 2 is 1.73 bits per heavy atom. The molecule has 1 aliphatic heterocycles. The first-order valence-corrected chi connectivity index (χ1v) is 6.23. The van der Waals surface area contributed by atoms with Gasteiger partial charge in [-0.05, 0) is 30.1 Å². The molecule has 2 fully saturated rings. The molecular formula is C13H23NO. The smallest absolute Gasteiger partial charge is 0.223 e. The van der Waals surface area contributed by atoms with Crippen LogP contribution in [0.5, 0.6) is 0 Å². The number of likely N-dealkylation sites (tertiary alicyclic amines) is 1. The highest BCUT2D eigenvalue weighted by Gasteiger charge is 2.38. The quantitative estimate of drug-likeness (QED) is 0.650. The van der Waals surface area contributed by atoms with Gasteiger partial charge in [-0.25, -0.2) is 0 Å². The lowest BCUT2D eigenvalue weighted by molar-refractivity contribution is -0.132. The first-order chi connectivity index (χ1) is 6.96. The lowest BCUT2D eigenvalue weighted by Crippen LogP contribution is -2.32. The molecule has 2 aliphatic rings. The summed E-state index contributed by atoms with van der Waals surface area (Å²) in [5, 5.41) is 0. The standard InChI is InChI=1S/C13H23NO/c1-13(2,3)7-12(15)14-8-10-5-4-6-11(10)9-14/h10-11H,4-9H2,1-3H3/t10-,11+. The van der Waals surface area contributed by atoms with Crippen LogP contribution in [0.2, 0.25) is 0 Å². The molecule has 15 heavy (non-hydrogen) atoms. The van der Waals surface area contributed by atoms with Crippen molar-refractivity contribution in [2.75, 3.05) is 13.1 Å². The number of nitrogens with zero attached hydrogens (tertiary/aromatic N) is 1. The highest BCUT2D eigenvalue weighted by atomic mass is 16.2. The van der Waals surface area contributed by atoms with Crippen molar-refractivity contribution < 1.29 is 4.79 Å². The molecule has 2 rings (SSSR count). The van der Waals surface area contributed by atoms with E-state index in [1.807, 2.05) is 0 Å². The molecule has 86 valence electrons. The van der Waals surface area contributed by atoms with Crippen molar-refractivity contribution in [2.24, 2.45) is 17.3 Å². The Morgan fingerprint density at radius 1 is 1.20 bits per heavy atom. The molecule has 2 nitrogen and oxygen atoms in total. The molecular weight excluding hydrogens is 186 g/mol. The summed E-state index contributed by atoms with van der Waals surface area (Å²) in [5.74, 6) is 2.03. The minimum atomic E-state index is 0.134. The molecule has 1 heterocycles. The zero-order valence-corrected chi connectivity index (χ0v) is 10.3. The number of fused-ring (bicyclic) bond motifs is 1. The fourth-order valence-corrected chi connectivity index (χ4v) is 3.00. The Balaban J connectivity index is 1.88. The number of hydrogen-bond acceptors (Lipinski definition) is 1. The zero-order chi connectivity index (χ0) is 11.1. The van der Waals surface area contributed by atoms with Crippen LogP contribution < -0.4 is 0 Å². The van der Waals surface area contributed by atoms with Gasteiger partial charge in [0.25, 0.3) is 0 Å². The summed E-state index contributed by atoms with van der Waals surface area (Å²) in [6, 6.07) is 0. The summed E-state index contributed by atoms with van der Waals surface area (Å²) >= 11 is 0. The number of carbonyl (C=O) groups excluding carboxylic acids is 1. The summed E-state index contributed by atoms with van der Waals surface area (Å²) in [6.45, 7) is 8.50. The second-order valence-corrected chi connectivity index (χ2v) is 6.49. The van der Waals surface area contributed by atoms with E-state index in [-0.39, 0.29) is 5.41 Å². The molecule has 0 aromatic heterocycles. The summed E-state index contributed by atoms with van der Waals surface area (Å²) in [4.78, 5) is 14.1. The highest BCUT2D eigenvalue weighted by molar-refractivity contribution is 5.77. The van der Waals surface area contributed by atoms with Gasteiger partial charge in [-0.2, -0.15) is 0 Å².